The zero-order valence-corrected chi connectivity index (χ0v) is 11.0. The maximum atomic E-state index is 6.51. The molecule has 4 aliphatic rings. The van der Waals surface area contributed by atoms with E-state index < -0.39 is 6.48 Å². The van der Waals surface area contributed by atoms with Gasteiger partial charge in [0.1, 0.15) is 0 Å². The molecule has 4 nitrogen and oxygen atoms in total. The van der Waals surface area contributed by atoms with Gasteiger partial charge in [0.2, 0.25) is 0 Å². The van der Waals surface area contributed by atoms with Crippen LogP contribution in [0.5, 0.6) is 0 Å². The maximum absolute atomic E-state index is 6.51. The molecule has 1 heterocycles. The van der Waals surface area contributed by atoms with Crippen LogP contribution in [0.4, 0.5) is 0 Å². The lowest BCUT2D eigenvalue weighted by Crippen LogP contribution is -2.45. The van der Waals surface area contributed by atoms with Crippen molar-refractivity contribution < 1.29 is 14.2 Å². The van der Waals surface area contributed by atoms with Gasteiger partial charge in [-0.05, 0) is 56.3 Å². The van der Waals surface area contributed by atoms with Crippen molar-refractivity contribution in [3.63, 3.8) is 0 Å². The summed E-state index contributed by atoms with van der Waals surface area (Å²) in [4.78, 5) is 0. The second-order valence-corrected chi connectivity index (χ2v) is 6.53. The summed E-state index contributed by atoms with van der Waals surface area (Å²) in [6.07, 6.45) is 6.65. The zero-order chi connectivity index (χ0) is 12.3. The molecule has 7 atom stereocenters. The number of hydrogen-bond acceptors (Lipinski definition) is 4. The maximum Gasteiger partial charge on any atom is 0.272 e. The van der Waals surface area contributed by atoms with E-state index in [4.69, 9.17) is 19.9 Å². The van der Waals surface area contributed by atoms with Gasteiger partial charge in [0.05, 0.1) is 12.2 Å². The van der Waals surface area contributed by atoms with Crippen LogP contribution in [0, 0.1) is 17.3 Å². The molecule has 18 heavy (non-hydrogen) atoms. The van der Waals surface area contributed by atoms with E-state index in [-0.39, 0.29) is 12.2 Å². The van der Waals surface area contributed by atoms with Crippen molar-refractivity contribution in [3.05, 3.63) is 0 Å². The summed E-state index contributed by atoms with van der Waals surface area (Å²) in [5, 5.41) is 0. The molecule has 1 spiro atoms. The molecule has 0 aromatic carbocycles. The van der Waals surface area contributed by atoms with Gasteiger partial charge in [-0.1, -0.05) is 0 Å². The highest BCUT2D eigenvalue weighted by Gasteiger charge is 2.63. The van der Waals surface area contributed by atoms with Gasteiger partial charge in [-0.3, -0.25) is 0 Å². The topological polar surface area (TPSA) is 53.7 Å². The van der Waals surface area contributed by atoms with Gasteiger partial charge in [-0.2, -0.15) is 0 Å². The van der Waals surface area contributed by atoms with E-state index in [0.717, 1.165) is 24.7 Å². The van der Waals surface area contributed by atoms with Crippen molar-refractivity contribution in [1.29, 1.82) is 0 Å². The average molecular weight is 253 g/mol. The van der Waals surface area contributed by atoms with Crippen LogP contribution in [0.1, 0.15) is 39.0 Å². The third-order valence-corrected chi connectivity index (χ3v) is 5.91. The zero-order valence-electron chi connectivity index (χ0n) is 11.0. The minimum Gasteiger partial charge on any atom is -0.330 e. The first-order valence-electron chi connectivity index (χ1n) is 7.41. The minimum absolute atomic E-state index is 0.215. The van der Waals surface area contributed by atoms with Gasteiger partial charge < -0.3 is 19.9 Å². The van der Waals surface area contributed by atoms with Gasteiger partial charge in [-0.25, -0.2) is 0 Å². The Kier molecular flexibility index (Phi) is 2.54. The first-order valence-corrected chi connectivity index (χ1v) is 7.41. The molecule has 4 fully saturated rings. The summed E-state index contributed by atoms with van der Waals surface area (Å²) in [6, 6.07) is 0.375. The van der Waals surface area contributed by atoms with Crippen LogP contribution in [0.3, 0.4) is 0 Å². The normalized spacial score (nSPS) is 57.7. The molecule has 1 aliphatic heterocycles. The predicted octanol–water partition coefficient (Wildman–Crippen LogP) is 1.63. The van der Waals surface area contributed by atoms with Crippen molar-refractivity contribution in [3.8, 4) is 0 Å². The summed E-state index contributed by atoms with van der Waals surface area (Å²) in [7, 11) is 0. The summed E-state index contributed by atoms with van der Waals surface area (Å²) in [6.45, 7) is 2.17. The van der Waals surface area contributed by atoms with Crippen molar-refractivity contribution in [2.45, 2.75) is 63.8 Å². The fraction of sp³-hybridized carbons (Fsp3) is 1.00. The molecule has 0 radical (unpaired) electrons. The Morgan fingerprint density at radius 1 is 1.22 bits per heavy atom. The first kappa shape index (κ1) is 11.6. The first-order chi connectivity index (χ1) is 8.73. The number of fused-ring (bicyclic) bond motifs is 4. The Balaban J connectivity index is 1.50. The van der Waals surface area contributed by atoms with E-state index >= 15 is 0 Å². The molecule has 3 aliphatic carbocycles. The molecule has 2 bridgehead atoms. The predicted molar refractivity (Wildman–Crippen MR) is 65.6 cm³/mol. The summed E-state index contributed by atoms with van der Waals surface area (Å²) >= 11 is 0. The average Bonchev–Trinajstić information content (AvgIpc) is 3.02. The lowest BCUT2D eigenvalue weighted by molar-refractivity contribution is -0.247. The SMILES string of the molecule is CCOC1OC2CC3(C[C@H]2O1)C1CCC(C1)[C@H]3N. The molecular weight excluding hydrogens is 230 g/mol. The number of hydrogen-bond donors (Lipinski definition) is 1. The van der Waals surface area contributed by atoms with Gasteiger partial charge in [0.25, 0.3) is 6.48 Å². The van der Waals surface area contributed by atoms with Crippen LogP contribution in [0.15, 0.2) is 0 Å². The summed E-state index contributed by atoms with van der Waals surface area (Å²) in [5.74, 6) is 1.58. The van der Waals surface area contributed by atoms with Gasteiger partial charge in [-0.15, -0.1) is 0 Å². The second kappa shape index (κ2) is 3.92. The van der Waals surface area contributed by atoms with Crippen molar-refractivity contribution in [1.82, 2.24) is 0 Å². The molecule has 1 saturated heterocycles. The van der Waals surface area contributed by atoms with Gasteiger partial charge in [0, 0.05) is 12.6 Å². The van der Waals surface area contributed by atoms with Crippen LogP contribution in [-0.2, 0) is 14.2 Å². The molecule has 4 heteroatoms. The molecule has 102 valence electrons. The lowest BCUT2D eigenvalue weighted by atomic mass is 9.69. The number of rotatable bonds is 2. The van der Waals surface area contributed by atoms with Gasteiger partial charge in [0.15, 0.2) is 0 Å². The van der Waals surface area contributed by atoms with E-state index in [9.17, 15) is 0 Å². The molecule has 2 N–H and O–H groups in total. The van der Waals surface area contributed by atoms with Gasteiger partial charge >= 0.3 is 0 Å². The molecule has 0 amide bonds. The highest BCUT2D eigenvalue weighted by molar-refractivity contribution is 5.14. The Morgan fingerprint density at radius 3 is 2.50 bits per heavy atom. The molecule has 3 saturated carbocycles. The summed E-state index contributed by atoms with van der Waals surface area (Å²) < 4.78 is 17.1. The fourth-order valence-corrected chi connectivity index (χ4v) is 5.11. The lowest BCUT2D eigenvalue weighted by Gasteiger charge is -2.40. The Morgan fingerprint density at radius 2 is 1.94 bits per heavy atom. The second-order valence-electron chi connectivity index (χ2n) is 6.53. The van der Waals surface area contributed by atoms with E-state index in [2.05, 4.69) is 0 Å². The molecule has 0 aromatic rings. The van der Waals surface area contributed by atoms with Crippen molar-refractivity contribution >= 4 is 0 Å². The molecule has 0 aromatic heterocycles. The standard InChI is InChI=1S/C14H23NO3/c1-2-16-13-17-10-6-14(7-11(10)18-13)9-4-3-8(5-9)12(14)15/h8-13H,2-7,15H2,1H3/t8?,9?,10-,11?,12-,13?,14?/m1/s1. The van der Waals surface area contributed by atoms with Crippen LogP contribution in [0.2, 0.25) is 0 Å². The van der Waals surface area contributed by atoms with Crippen LogP contribution < -0.4 is 5.73 Å². The Bertz CT molecular complexity index is 330. The van der Waals surface area contributed by atoms with Crippen LogP contribution >= 0.6 is 0 Å². The minimum atomic E-state index is -0.433. The highest BCUT2D eigenvalue weighted by Crippen LogP contribution is 2.63. The highest BCUT2D eigenvalue weighted by atomic mass is 16.9. The molecular formula is C14H23NO3. The largest absolute Gasteiger partial charge is 0.330 e. The third-order valence-electron chi connectivity index (χ3n) is 5.91. The van der Waals surface area contributed by atoms with E-state index in [1.54, 1.807) is 0 Å². The van der Waals surface area contributed by atoms with E-state index in [0.29, 0.717) is 18.1 Å². The van der Waals surface area contributed by atoms with Crippen molar-refractivity contribution in [2.75, 3.05) is 6.61 Å². The monoisotopic (exact) mass is 253 g/mol. The molecule has 5 unspecified atom stereocenters. The fourth-order valence-electron chi connectivity index (χ4n) is 5.11. The number of nitrogens with two attached hydrogens (primary N) is 1. The van der Waals surface area contributed by atoms with E-state index in [1.807, 2.05) is 6.92 Å². The Hall–Kier alpha value is -0.160. The van der Waals surface area contributed by atoms with E-state index in [1.165, 1.54) is 19.3 Å². The quantitative estimate of drug-likeness (QED) is 0.812. The molecule has 4 rings (SSSR count). The Labute approximate surface area is 108 Å². The third kappa shape index (κ3) is 1.40. The van der Waals surface area contributed by atoms with Crippen LogP contribution in [-0.4, -0.2) is 31.3 Å². The van der Waals surface area contributed by atoms with Crippen molar-refractivity contribution in [2.24, 2.45) is 23.0 Å². The number of ether oxygens (including phenoxy) is 3. The van der Waals surface area contributed by atoms with Crippen LogP contribution in [0.25, 0.3) is 0 Å². The smallest absolute Gasteiger partial charge is 0.272 e. The summed E-state index contributed by atoms with van der Waals surface area (Å²) in [5.41, 5.74) is 6.83.